The van der Waals surface area contributed by atoms with Gasteiger partial charge in [-0.05, 0) is 25.5 Å². The summed E-state index contributed by atoms with van der Waals surface area (Å²) < 4.78 is 12.3. The van der Waals surface area contributed by atoms with E-state index in [9.17, 15) is 4.79 Å². The molecular formula is C20H24N4O3S. The molecule has 2 aromatic heterocycles. The molecule has 1 aliphatic rings. The van der Waals surface area contributed by atoms with Crippen molar-refractivity contribution in [3.05, 3.63) is 52.1 Å². The molecule has 0 radical (unpaired) electrons. The number of aromatic nitrogens is 3. The second-order valence-electron chi connectivity index (χ2n) is 6.89. The number of ether oxygens (including phenoxy) is 1. The van der Waals surface area contributed by atoms with E-state index in [-0.39, 0.29) is 5.56 Å². The standard InChI is InChI=1S/C20H24N4O3S/c1-15-13-16(22-27-15)14-28-20-21-18-6-3-2-5-17(18)19(25)24(20)8-4-7-23-9-11-26-12-10-23/h2-3,5-6,13H,4,7-12,14H2,1H3. The van der Waals surface area contributed by atoms with Gasteiger partial charge < -0.3 is 9.26 Å². The minimum atomic E-state index is 0.0198. The minimum Gasteiger partial charge on any atom is -0.379 e. The molecule has 0 bridgehead atoms. The average molecular weight is 401 g/mol. The second-order valence-corrected chi connectivity index (χ2v) is 7.84. The Morgan fingerprint density at radius 3 is 2.79 bits per heavy atom. The number of hydrogen-bond donors (Lipinski definition) is 0. The zero-order chi connectivity index (χ0) is 19.3. The number of benzene rings is 1. The van der Waals surface area contributed by atoms with Crippen LogP contribution in [-0.2, 0) is 17.0 Å². The van der Waals surface area contributed by atoms with Gasteiger partial charge in [-0.15, -0.1) is 0 Å². The molecule has 0 aliphatic carbocycles. The van der Waals surface area contributed by atoms with E-state index in [1.165, 1.54) is 11.8 Å². The fraction of sp³-hybridized carbons (Fsp3) is 0.450. The third kappa shape index (κ3) is 4.45. The van der Waals surface area contributed by atoms with Crippen LogP contribution in [-0.4, -0.2) is 52.5 Å². The summed E-state index contributed by atoms with van der Waals surface area (Å²) in [6, 6.07) is 9.44. The third-order valence-electron chi connectivity index (χ3n) is 4.81. The molecule has 28 heavy (non-hydrogen) atoms. The first-order valence-electron chi connectivity index (χ1n) is 9.55. The highest BCUT2D eigenvalue weighted by Crippen LogP contribution is 2.22. The second kappa shape index (κ2) is 8.89. The van der Waals surface area contributed by atoms with Crippen molar-refractivity contribution in [2.24, 2.45) is 0 Å². The Morgan fingerprint density at radius 1 is 1.18 bits per heavy atom. The lowest BCUT2D eigenvalue weighted by molar-refractivity contribution is 0.0368. The van der Waals surface area contributed by atoms with Gasteiger partial charge in [0.1, 0.15) is 5.76 Å². The molecule has 0 atom stereocenters. The molecule has 0 amide bonds. The van der Waals surface area contributed by atoms with Crippen LogP contribution in [0.3, 0.4) is 0 Å². The number of para-hydroxylation sites is 1. The fourth-order valence-corrected chi connectivity index (χ4v) is 4.26. The summed E-state index contributed by atoms with van der Waals surface area (Å²) in [6.07, 6.45) is 0.899. The van der Waals surface area contributed by atoms with Crippen molar-refractivity contribution in [3.63, 3.8) is 0 Å². The normalized spacial score (nSPS) is 15.3. The van der Waals surface area contributed by atoms with Crippen LogP contribution in [0.4, 0.5) is 0 Å². The highest BCUT2D eigenvalue weighted by atomic mass is 32.2. The van der Waals surface area contributed by atoms with Gasteiger partial charge in [-0.25, -0.2) is 4.98 Å². The first kappa shape index (κ1) is 19.2. The number of thioether (sulfide) groups is 1. The fourth-order valence-electron chi connectivity index (χ4n) is 3.36. The van der Waals surface area contributed by atoms with Crippen molar-refractivity contribution < 1.29 is 9.26 Å². The monoisotopic (exact) mass is 400 g/mol. The van der Waals surface area contributed by atoms with E-state index < -0.39 is 0 Å². The van der Waals surface area contributed by atoms with Crippen molar-refractivity contribution in [1.82, 2.24) is 19.6 Å². The molecular weight excluding hydrogens is 376 g/mol. The first-order valence-corrected chi connectivity index (χ1v) is 10.5. The van der Waals surface area contributed by atoms with Crippen LogP contribution >= 0.6 is 11.8 Å². The zero-order valence-corrected chi connectivity index (χ0v) is 16.8. The van der Waals surface area contributed by atoms with Crippen molar-refractivity contribution in [1.29, 1.82) is 0 Å². The van der Waals surface area contributed by atoms with E-state index in [1.807, 2.05) is 37.3 Å². The van der Waals surface area contributed by atoms with Gasteiger partial charge in [0.15, 0.2) is 5.16 Å². The van der Waals surface area contributed by atoms with E-state index in [1.54, 1.807) is 4.57 Å². The molecule has 0 N–H and O–H groups in total. The largest absolute Gasteiger partial charge is 0.379 e. The van der Waals surface area contributed by atoms with Crippen molar-refractivity contribution in [2.75, 3.05) is 32.8 Å². The lowest BCUT2D eigenvalue weighted by atomic mass is 10.2. The smallest absolute Gasteiger partial charge is 0.262 e. The first-order chi connectivity index (χ1) is 13.7. The van der Waals surface area contributed by atoms with Crippen molar-refractivity contribution in [2.45, 2.75) is 30.8 Å². The number of hydrogen-bond acceptors (Lipinski definition) is 7. The van der Waals surface area contributed by atoms with E-state index in [0.29, 0.717) is 17.7 Å². The number of rotatable bonds is 7. The van der Waals surface area contributed by atoms with Gasteiger partial charge in [0.25, 0.3) is 5.56 Å². The quantitative estimate of drug-likeness (QED) is 0.446. The topological polar surface area (TPSA) is 73.4 Å². The van der Waals surface area contributed by atoms with Gasteiger partial charge in [0.05, 0.1) is 29.8 Å². The average Bonchev–Trinajstić information content (AvgIpc) is 3.14. The van der Waals surface area contributed by atoms with Crippen LogP contribution in [0.2, 0.25) is 0 Å². The zero-order valence-electron chi connectivity index (χ0n) is 16.0. The molecule has 1 fully saturated rings. The van der Waals surface area contributed by atoms with Crippen LogP contribution in [0, 0.1) is 6.92 Å². The maximum atomic E-state index is 13.1. The Balaban J connectivity index is 1.54. The molecule has 1 saturated heterocycles. The van der Waals surface area contributed by atoms with E-state index in [2.05, 4.69) is 10.1 Å². The Kier molecular flexibility index (Phi) is 6.09. The molecule has 8 heteroatoms. The molecule has 0 unspecified atom stereocenters. The van der Waals surface area contributed by atoms with Crippen LogP contribution in [0.15, 0.2) is 44.8 Å². The highest BCUT2D eigenvalue weighted by Gasteiger charge is 2.14. The number of nitrogens with zero attached hydrogens (tertiary/aromatic N) is 4. The van der Waals surface area contributed by atoms with Gasteiger partial charge >= 0.3 is 0 Å². The van der Waals surface area contributed by atoms with Crippen LogP contribution < -0.4 is 5.56 Å². The molecule has 3 heterocycles. The van der Waals surface area contributed by atoms with Gasteiger partial charge in [-0.1, -0.05) is 29.1 Å². The van der Waals surface area contributed by atoms with Crippen molar-refractivity contribution >= 4 is 22.7 Å². The minimum absolute atomic E-state index is 0.0198. The summed E-state index contributed by atoms with van der Waals surface area (Å²) in [7, 11) is 0. The Morgan fingerprint density at radius 2 is 2.00 bits per heavy atom. The van der Waals surface area contributed by atoms with Crippen LogP contribution in [0.5, 0.6) is 0 Å². The molecule has 0 saturated carbocycles. The Hall–Kier alpha value is -2.16. The van der Waals surface area contributed by atoms with Crippen LogP contribution in [0.25, 0.3) is 10.9 Å². The third-order valence-corrected chi connectivity index (χ3v) is 5.82. The summed E-state index contributed by atoms with van der Waals surface area (Å²) >= 11 is 1.52. The Bertz CT molecular complexity index is 995. The Labute approximate surface area is 167 Å². The number of fused-ring (bicyclic) bond motifs is 1. The lowest BCUT2D eigenvalue weighted by Gasteiger charge is -2.26. The number of aryl methyl sites for hydroxylation is 1. The van der Waals surface area contributed by atoms with Gasteiger partial charge in [-0.3, -0.25) is 14.3 Å². The maximum absolute atomic E-state index is 13.1. The summed E-state index contributed by atoms with van der Waals surface area (Å²) in [5.74, 6) is 1.40. The predicted molar refractivity (Wildman–Crippen MR) is 109 cm³/mol. The number of morpholine rings is 1. The molecule has 148 valence electrons. The molecule has 0 spiro atoms. The summed E-state index contributed by atoms with van der Waals surface area (Å²) in [5.41, 5.74) is 1.60. The van der Waals surface area contributed by atoms with E-state index in [4.69, 9.17) is 14.2 Å². The van der Waals surface area contributed by atoms with Gasteiger partial charge in [0, 0.05) is 38.0 Å². The molecule has 1 aromatic carbocycles. The van der Waals surface area contributed by atoms with Gasteiger partial charge in [0.2, 0.25) is 0 Å². The molecule has 7 nitrogen and oxygen atoms in total. The molecule has 4 rings (SSSR count). The molecule has 1 aliphatic heterocycles. The van der Waals surface area contributed by atoms with E-state index in [0.717, 1.165) is 61.4 Å². The summed E-state index contributed by atoms with van der Waals surface area (Å²) in [4.78, 5) is 20.2. The molecule has 3 aromatic rings. The van der Waals surface area contributed by atoms with Crippen LogP contribution in [0.1, 0.15) is 17.9 Å². The predicted octanol–water partition coefficient (Wildman–Crippen LogP) is 2.71. The van der Waals surface area contributed by atoms with Gasteiger partial charge in [-0.2, -0.15) is 0 Å². The summed E-state index contributed by atoms with van der Waals surface area (Å²) in [5, 5.41) is 5.43. The maximum Gasteiger partial charge on any atom is 0.262 e. The highest BCUT2D eigenvalue weighted by molar-refractivity contribution is 7.98. The van der Waals surface area contributed by atoms with E-state index >= 15 is 0 Å². The summed E-state index contributed by atoms with van der Waals surface area (Å²) in [6.45, 7) is 6.96. The SMILES string of the molecule is Cc1cc(CSc2nc3ccccc3c(=O)n2CCCN2CCOCC2)no1. The van der Waals surface area contributed by atoms with Crippen molar-refractivity contribution in [3.8, 4) is 0 Å². The lowest BCUT2D eigenvalue weighted by Crippen LogP contribution is -2.37.